The Morgan fingerprint density at radius 3 is 1.07 bits per heavy atom. The number of rotatable bonds is 42. The van der Waals surface area contributed by atoms with Gasteiger partial charge in [-0.1, -0.05) is 68.3 Å². The van der Waals surface area contributed by atoms with Gasteiger partial charge in [-0.05, 0) is 28.7 Å². The first-order valence-electron chi connectivity index (χ1n) is 21.7. The summed E-state index contributed by atoms with van der Waals surface area (Å²) in [4.78, 5) is 14.2. The van der Waals surface area contributed by atoms with Crippen LogP contribution in [0.25, 0.3) is 11.1 Å². The summed E-state index contributed by atoms with van der Waals surface area (Å²) in [6.45, 7) is 15.3. The van der Waals surface area contributed by atoms with Gasteiger partial charge in [0.25, 0.3) is 0 Å². The molecule has 0 bridgehead atoms. The quantitative estimate of drug-likeness (QED) is 0.0803. The molecule has 0 aliphatic heterocycles. The van der Waals surface area contributed by atoms with Crippen LogP contribution in [0.4, 0.5) is 4.79 Å². The number of nitrogens with zero attached hydrogens (tertiary/aromatic N) is 1. The minimum atomic E-state index is -0.364. The van der Waals surface area contributed by atoms with E-state index in [0.717, 1.165) is 13.0 Å². The molecule has 1 amide bonds. The Morgan fingerprint density at radius 2 is 0.733 bits per heavy atom. The Hall–Kier alpha value is -2.77. The molecular weight excluding hydrogens is 778 g/mol. The summed E-state index contributed by atoms with van der Waals surface area (Å²) >= 11 is 0. The first-order valence-corrected chi connectivity index (χ1v) is 21.7. The minimum absolute atomic E-state index is 0.0373. The molecule has 1 aliphatic carbocycles. The first-order chi connectivity index (χ1) is 29.7. The Morgan fingerprint density at radius 1 is 0.433 bits per heavy atom. The second kappa shape index (κ2) is 36.8. The van der Waals surface area contributed by atoms with E-state index >= 15 is 0 Å². The fraction of sp³-hybridized carbons (Fsp3) is 0.711. The van der Waals surface area contributed by atoms with Crippen LogP contribution in [0.3, 0.4) is 0 Å². The van der Waals surface area contributed by atoms with Crippen molar-refractivity contribution in [3.05, 3.63) is 59.7 Å². The van der Waals surface area contributed by atoms with E-state index in [1.807, 2.05) is 24.3 Å². The molecule has 0 unspecified atom stereocenters. The van der Waals surface area contributed by atoms with E-state index in [4.69, 9.17) is 61.6 Å². The molecule has 3 rings (SSSR count). The zero-order chi connectivity index (χ0) is 42.4. The summed E-state index contributed by atoms with van der Waals surface area (Å²) < 4.78 is 71.9. The summed E-state index contributed by atoms with van der Waals surface area (Å²) in [7, 11) is 1.72. The molecule has 0 N–H and O–H groups in total. The summed E-state index contributed by atoms with van der Waals surface area (Å²) in [6, 6.07) is 16.6. The van der Waals surface area contributed by atoms with Crippen molar-refractivity contribution >= 4 is 6.09 Å². The van der Waals surface area contributed by atoms with Crippen molar-refractivity contribution in [2.45, 2.75) is 32.1 Å². The second-order valence-corrected chi connectivity index (χ2v) is 13.8. The molecule has 0 atom stereocenters. The van der Waals surface area contributed by atoms with Crippen molar-refractivity contribution < 1.29 is 66.4 Å². The van der Waals surface area contributed by atoms with Gasteiger partial charge in [0.05, 0.1) is 152 Å². The summed E-state index contributed by atoms with van der Waals surface area (Å²) in [5.41, 5.74) is 4.80. The molecule has 15 nitrogen and oxygen atoms in total. The molecular formula is C45H73NO14. The largest absolute Gasteiger partial charge is 0.448 e. The van der Waals surface area contributed by atoms with Gasteiger partial charge in [-0.3, -0.25) is 0 Å². The third-order valence-electron chi connectivity index (χ3n) is 9.20. The lowest BCUT2D eigenvalue weighted by Crippen LogP contribution is -2.32. The standard InChI is InChI=1S/C45H73NO14/c1-3-4-9-15-48-17-19-50-21-23-52-25-27-54-29-31-56-33-35-58-37-38-59-36-34-57-32-30-55-28-26-53-24-22-51-20-18-49-16-14-46(2)45(47)60-39-44-42-12-7-5-10-40(42)41-11-6-8-13-43(41)44/h5-8,10-13,44H,3-4,9,14-39H2,1-2H3. The van der Waals surface area contributed by atoms with Gasteiger partial charge in [0.1, 0.15) is 6.61 Å². The number of fused-ring (bicyclic) bond motifs is 3. The number of benzene rings is 2. The molecule has 0 fully saturated rings. The Balaban J connectivity index is 0.940. The van der Waals surface area contributed by atoms with Crippen LogP contribution in [0.1, 0.15) is 43.2 Å². The van der Waals surface area contributed by atoms with Crippen LogP contribution in [0.2, 0.25) is 0 Å². The van der Waals surface area contributed by atoms with Gasteiger partial charge >= 0.3 is 6.09 Å². The van der Waals surface area contributed by atoms with Gasteiger partial charge in [-0.25, -0.2) is 4.79 Å². The number of carbonyl (C=O) groups is 1. The lowest BCUT2D eigenvalue weighted by Gasteiger charge is -2.19. The summed E-state index contributed by atoms with van der Waals surface area (Å²) in [6.07, 6.45) is 3.16. The lowest BCUT2D eigenvalue weighted by atomic mass is 9.98. The van der Waals surface area contributed by atoms with Crippen LogP contribution < -0.4 is 0 Å². The van der Waals surface area contributed by atoms with E-state index in [1.54, 1.807) is 7.05 Å². The van der Waals surface area contributed by atoms with Crippen LogP contribution in [0.15, 0.2) is 48.5 Å². The molecule has 0 spiro atoms. The van der Waals surface area contributed by atoms with Crippen molar-refractivity contribution in [2.24, 2.45) is 0 Å². The van der Waals surface area contributed by atoms with E-state index in [9.17, 15) is 4.79 Å². The molecule has 0 saturated carbocycles. The predicted molar refractivity (Wildman–Crippen MR) is 227 cm³/mol. The van der Waals surface area contributed by atoms with Crippen LogP contribution in [0.5, 0.6) is 0 Å². The fourth-order valence-corrected chi connectivity index (χ4v) is 5.97. The highest BCUT2D eigenvalue weighted by Crippen LogP contribution is 2.44. The minimum Gasteiger partial charge on any atom is -0.448 e. The highest BCUT2D eigenvalue weighted by Gasteiger charge is 2.29. The van der Waals surface area contributed by atoms with Gasteiger partial charge in [0.2, 0.25) is 0 Å². The van der Waals surface area contributed by atoms with Crippen molar-refractivity contribution in [3.63, 3.8) is 0 Å². The lowest BCUT2D eigenvalue weighted by molar-refractivity contribution is -0.0284. The monoisotopic (exact) mass is 852 g/mol. The number of hydrogen-bond donors (Lipinski definition) is 0. The number of hydrogen-bond acceptors (Lipinski definition) is 14. The molecule has 342 valence electrons. The van der Waals surface area contributed by atoms with E-state index in [2.05, 4.69) is 31.2 Å². The van der Waals surface area contributed by atoms with E-state index in [-0.39, 0.29) is 12.0 Å². The zero-order valence-corrected chi connectivity index (χ0v) is 36.4. The van der Waals surface area contributed by atoms with Crippen LogP contribution in [-0.4, -0.2) is 190 Å². The number of unbranched alkanes of at least 4 members (excludes halogenated alkanes) is 2. The van der Waals surface area contributed by atoms with Gasteiger partial charge in [-0.2, -0.15) is 0 Å². The topological polar surface area (TPSA) is 140 Å². The number of ether oxygens (including phenoxy) is 13. The van der Waals surface area contributed by atoms with E-state index in [0.29, 0.717) is 165 Å². The third kappa shape index (κ3) is 24.6. The summed E-state index contributed by atoms with van der Waals surface area (Å²) in [5.74, 6) is 0.0373. The number of likely N-dealkylation sites (N-methyl/N-ethyl adjacent to an activating group) is 1. The molecule has 15 heteroatoms. The van der Waals surface area contributed by atoms with Crippen LogP contribution in [0, 0.1) is 0 Å². The normalized spacial score (nSPS) is 12.2. The molecule has 0 saturated heterocycles. The summed E-state index contributed by atoms with van der Waals surface area (Å²) in [5, 5.41) is 0. The van der Waals surface area contributed by atoms with Gasteiger partial charge in [-0.15, -0.1) is 0 Å². The first kappa shape index (κ1) is 51.6. The number of amides is 1. The maximum Gasteiger partial charge on any atom is 0.409 e. The zero-order valence-electron chi connectivity index (χ0n) is 36.4. The molecule has 1 aliphatic rings. The fourth-order valence-electron chi connectivity index (χ4n) is 5.97. The Bertz CT molecular complexity index is 1260. The van der Waals surface area contributed by atoms with Crippen molar-refractivity contribution in [1.29, 1.82) is 0 Å². The highest BCUT2D eigenvalue weighted by atomic mass is 16.6. The molecule has 60 heavy (non-hydrogen) atoms. The Labute approximate surface area is 358 Å². The Kier molecular flexibility index (Phi) is 31.7. The molecule has 0 aromatic heterocycles. The highest BCUT2D eigenvalue weighted by molar-refractivity contribution is 5.79. The average molecular weight is 852 g/mol. The maximum atomic E-state index is 12.6. The van der Waals surface area contributed by atoms with E-state index < -0.39 is 0 Å². The van der Waals surface area contributed by atoms with Crippen LogP contribution >= 0.6 is 0 Å². The maximum absolute atomic E-state index is 12.6. The average Bonchev–Trinajstić information content (AvgIpc) is 3.59. The van der Waals surface area contributed by atoms with Crippen molar-refractivity contribution in [1.82, 2.24) is 4.90 Å². The molecule has 2 aromatic rings. The van der Waals surface area contributed by atoms with Gasteiger partial charge in [0, 0.05) is 26.1 Å². The number of carbonyl (C=O) groups excluding carboxylic acids is 1. The van der Waals surface area contributed by atoms with Crippen molar-refractivity contribution in [2.75, 3.05) is 179 Å². The van der Waals surface area contributed by atoms with Crippen molar-refractivity contribution in [3.8, 4) is 11.1 Å². The van der Waals surface area contributed by atoms with Gasteiger partial charge < -0.3 is 66.5 Å². The molecule has 0 heterocycles. The molecule has 0 radical (unpaired) electrons. The molecule has 2 aromatic carbocycles. The van der Waals surface area contributed by atoms with E-state index in [1.165, 1.54) is 40.0 Å². The van der Waals surface area contributed by atoms with Gasteiger partial charge in [0.15, 0.2) is 0 Å². The second-order valence-electron chi connectivity index (χ2n) is 13.8. The third-order valence-corrected chi connectivity index (χ3v) is 9.20. The van der Waals surface area contributed by atoms with Crippen LogP contribution in [-0.2, 0) is 61.6 Å². The SMILES string of the molecule is CCCCCOCCOCCOCCOCCOCCOCCOCCOCCOCCOCCOCCOCCN(C)C(=O)OCC1c2ccccc2-c2ccccc21. The smallest absolute Gasteiger partial charge is 0.409 e. The predicted octanol–water partition coefficient (Wildman–Crippen LogP) is 5.26.